The van der Waals surface area contributed by atoms with Gasteiger partial charge < -0.3 is 5.11 Å². The first-order valence-corrected chi connectivity index (χ1v) is 9.51. The van der Waals surface area contributed by atoms with Crippen molar-refractivity contribution in [1.82, 2.24) is 15.1 Å². The highest BCUT2D eigenvalue weighted by Crippen LogP contribution is 2.36. The van der Waals surface area contributed by atoms with Gasteiger partial charge in [-0.05, 0) is 66.8 Å². The van der Waals surface area contributed by atoms with Gasteiger partial charge in [0.25, 0.3) is 0 Å². The van der Waals surface area contributed by atoms with Gasteiger partial charge in [-0.15, -0.1) is 0 Å². The Morgan fingerprint density at radius 2 is 1.82 bits per heavy atom. The Hall–Kier alpha value is -2.94. The van der Waals surface area contributed by atoms with Crippen LogP contribution in [0.1, 0.15) is 45.5 Å². The van der Waals surface area contributed by atoms with E-state index in [0.717, 1.165) is 41.0 Å². The fraction of sp³-hybridized carbons (Fsp3) is 0.304. The lowest BCUT2D eigenvalue weighted by atomic mass is 9.89. The van der Waals surface area contributed by atoms with Crippen LogP contribution in [0.25, 0.3) is 11.3 Å². The van der Waals surface area contributed by atoms with Crippen LogP contribution in [0.5, 0.6) is 0 Å². The van der Waals surface area contributed by atoms with Crippen molar-refractivity contribution in [3.05, 3.63) is 76.0 Å². The maximum absolute atomic E-state index is 11.0. The molecule has 5 nitrogen and oxygen atoms in total. The number of aryl methyl sites for hydroxylation is 3. The summed E-state index contributed by atoms with van der Waals surface area (Å²) >= 11 is 0. The lowest BCUT2D eigenvalue weighted by molar-refractivity contribution is -0.0487. The number of aliphatic hydroxyl groups excluding tert-OH is 1. The molecule has 0 saturated carbocycles. The molecule has 0 aliphatic carbocycles. The molecule has 0 amide bonds. The van der Waals surface area contributed by atoms with Crippen molar-refractivity contribution in [1.29, 1.82) is 5.26 Å². The van der Waals surface area contributed by atoms with Crippen LogP contribution in [0, 0.1) is 32.1 Å². The minimum Gasteiger partial charge on any atom is -0.374 e. The molecule has 5 heteroatoms. The summed E-state index contributed by atoms with van der Waals surface area (Å²) in [4.78, 5) is 2.09. The van der Waals surface area contributed by atoms with E-state index in [1.807, 2.05) is 44.3 Å². The number of H-pyrrole nitrogens is 1. The predicted molar refractivity (Wildman–Crippen MR) is 109 cm³/mol. The summed E-state index contributed by atoms with van der Waals surface area (Å²) in [5.74, 6) is 0.391. The van der Waals surface area contributed by atoms with Gasteiger partial charge in [0.05, 0.1) is 23.5 Å². The Kier molecular flexibility index (Phi) is 4.76. The van der Waals surface area contributed by atoms with Gasteiger partial charge in [0.15, 0.2) is 0 Å². The summed E-state index contributed by atoms with van der Waals surface area (Å²) in [6.07, 6.45) is 1.19. The Morgan fingerprint density at radius 3 is 2.43 bits per heavy atom. The summed E-state index contributed by atoms with van der Waals surface area (Å²) in [5.41, 5.74) is 8.27. The highest BCUT2D eigenvalue weighted by atomic mass is 16.3. The summed E-state index contributed by atoms with van der Waals surface area (Å²) < 4.78 is 0. The van der Waals surface area contributed by atoms with E-state index < -0.39 is 6.23 Å². The maximum atomic E-state index is 11.0. The van der Waals surface area contributed by atoms with Crippen LogP contribution in [0.3, 0.4) is 0 Å². The molecule has 142 valence electrons. The molecule has 1 aliphatic rings. The van der Waals surface area contributed by atoms with Gasteiger partial charge in [0.2, 0.25) is 0 Å². The van der Waals surface area contributed by atoms with Crippen molar-refractivity contribution in [3.63, 3.8) is 0 Å². The minimum absolute atomic E-state index is 0.391. The van der Waals surface area contributed by atoms with Crippen molar-refractivity contribution in [2.24, 2.45) is 0 Å². The molecule has 1 aromatic heterocycles. The van der Waals surface area contributed by atoms with Crippen LogP contribution in [0.2, 0.25) is 0 Å². The molecule has 4 rings (SSSR count). The van der Waals surface area contributed by atoms with E-state index in [2.05, 4.69) is 40.2 Å². The first kappa shape index (κ1) is 18.4. The Morgan fingerprint density at radius 1 is 1.11 bits per heavy atom. The number of likely N-dealkylation sites (tertiary alicyclic amines) is 1. The number of benzene rings is 2. The van der Waals surface area contributed by atoms with Crippen LogP contribution in [-0.4, -0.2) is 33.3 Å². The van der Waals surface area contributed by atoms with Crippen LogP contribution in [0.4, 0.5) is 0 Å². The third-order valence-electron chi connectivity index (χ3n) is 5.76. The largest absolute Gasteiger partial charge is 0.374 e. The van der Waals surface area contributed by atoms with Crippen molar-refractivity contribution < 1.29 is 5.11 Å². The molecule has 28 heavy (non-hydrogen) atoms. The monoisotopic (exact) mass is 372 g/mol. The molecule has 1 unspecified atom stereocenters. The van der Waals surface area contributed by atoms with E-state index in [9.17, 15) is 5.11 Å². The molecule has 0 radical (unpaired) electrons. The molecule has 1 fully saturated rings. The topological polar surface area (TPSA) is 75.9 Å². The van der Waals surface area contributed by atoms with Crippen molar-refractivity contribution in [2.75, 3.05) is 13.1 Å². The number of aromatic amines is 1. The molecule has 2 N–H and O–H groups in total. The summed E-state index contributed by atoms with van der Waals surface area (Å²) in [7, 11) is 0. The molecule has 2 aromatic carbocycles. The van der Waals surface area contributed by atoms with Gasteiger partial charge in [-0.1, -0.05) is 18.2 Å². The van der Waals surface area contributed by atoms with Gasteiger partial charge in [-0.2, -0.15) is 10.4 Å². The van der Waals surface area contributed by atoms with Crippen LogP contribution < -0.4 is 0 Å². The number of hydrogen-bond donors (Lipinski definition) is 2. The number of nitrogens with zero attached hydrogens (tertiary/aromatic N) is 3. The normalized spacial score (nSPS) is 15.8. The second-order valence-corrected chi connectivity index (χ2v) is 7.71. The minimum atomic E-state index is -0.628. The lowest BCUT2D eigenvalue weighted by Gasteiger charge is -2.43. The van der Waals surface area contributed by atoms with Gasteiger partial charge in [-0.25, -0.2) is 0 Å². The number of rotatable bonds is 4. The van der Waals surface area contributed by atoms with Crippen molar-refractivity contribution >= 4 is 0 Å². The standard InChI is InChI=1S/C23H24N4O/c1-14-8-15(2)21(9-20(14)22-16(3)11-25-26-22)23(28)27-12-19(13-27)18-6-4-17(10-24)5-7-18/h4-9,11,19,23,28H,12-13H2,1-3H3,(H,25,26). The number of nitrogens with one attached hydrogen (secondary N) is 1. The highest BCUT2D eigenvalue weighted by molar-refractivity contribution is 5.68. The van der Waals surface area contributed by atoms with Gasteiger partial charge in [-0.3, -0.25) is 10.00 Å². The Bertz CT molecular complexity index is 1040. The smallest absolute Gasteiger partial charge is 0.133 e. The van der Waals surface area contributed by atoms with E-state index in [-0.39, 0.29) is 0 Å². The van der Waals surface area contributed by atoms with E-state index in [1.54, 1.807) is 0 Å². The van der Waals surface area contributed by atoms with Crippen LogP contribution in [-0.2, 0) is 0 Å². The average molecular weight is 372 g/mol. The quantitative estimate of drug-likeness (QED) is 0.727. The molecular formula is C23H24N4O. The zero-order chi connectivity index (χ0) is 19.8. The molecule has 2 heterocycles. The molecular weight excluding hydrogens is 348 g/mol. The third kappa shape index (κ3) is 3.22. The van der Waals surface area contributed by atoms with E-state index in [4.69, 9.17) is 5.26 Å². The average Bonchev–Trinajstić information content (AvgIpc) is 3.07. The predicted octanol–water partition coefficient (Wildman–Crippen LogP) is 3.96. The van der Waals surface area contributed by atoms with E-state index >= 15 is 0 Å². The molecule has 1 aliphatic heterocycles. The van der Waals surface area contributed by atoms with Gasteiger partial charge in [0, 0.05) is 24.6 Å². The van der Waals surface area contributed by atoms with Gasteiger partial charge >= 0.3 is 0 Å². The first-order valence-electron chi connectivity index (χ1n) is 9.51. The van der Waals surface area contributed by atoms with Crippen LogP contribution in [0.15, 0.2) is 42.6 Å². The summed E-state index contributed by atoms with van der Waals surface area (Å²) in [5, 5.41) is 27.2. The Balaban J connectivity index is 1.53. The number of aromatic nitrogens is 2. The number of hydrogen-bond acceptors (Lipinski definition) is 4. The Labute approximate surface area is 165 Å². The number of nitriles is 1. The number of aliphatic hydroxyl groups is 1. The second-order valence-electron chi connectivity index (χ2n) is 7.71. The zero-order valence-corrected chi connectivity index (χ0v) is 16.4. The molecule has 0 spiro atoms. The van der Waals surface area contributed by atoms with Gasteiger partial charge in [0.1, 0.15) is 6.23 Å². The lowest BCUT2D eigenvalue weighted by Crippen LogP contribution is -2.47. The summed E-state index contributed by atoms with van der Waals surface area (Å²) in [6, 6.07) is 14.1. The molecule has 3 aromatic rings. The molecule has 1 atom stereocenters. The molecule has 0 bridgehead atoms. The highest BCUT2D eigenvalue weighted by Gasteiger charge is 2.33. The van der Waals surface area contributed by atoms with Crippen molar-refractivity contribution in [3.8, 4) is 17.3 Å². The maximum Gasteiger partial charge on any atom is 0.133 e. The fourth-order valence-corrected chi connectivity index (χ4v) is 3.99. The van der Waals surface area contributed by atoms with E-state index in [1.165, 1.54) is 11.1 Å². The molecule has 1 saturated heterocycles. The second kappa shape index (κ2) is 7.23. The third-order valence-corrected chi connectivity index (χ3v) is 5.76. The van der Waals surface area contributed by atoms with Crippen LogP contribution >= 0.6 is 0 Å². The fourth-order valence-electron chi connectivity index (χ4n) is 3.99. The summed E-state index contributed by atoms with van der Waals surface area (Å²) in [6.45, 7) is 7.78. The SMILES string of the molecule is Cc1cc(C)c(C(O)N2CC(c3ccc(C#N)cc3)C2)cc1-c1[nH]ncc1C. The van der Waals surface area contributed by atoms with E-state index in [0.29, 0.717) is 11.5 Å². The zero-order valence-electron chi connectivity index (χ0n) is 16.4. The van der Waals surface area contributed by atoms with Crippen molar-refractivity contribution in [2.45, 2.75) is 32.9 Å². The first-order chi connectivity index (χ1) is 13.5.